The van der Waals surface area contributed by atoms with E-state index in [-0.39, 0.29) is 5.91 Å². The van der Waals surface area contributed by atoms with E-state index in [0.717, 1.165) is 11.8 Å². The zero-order chi connectivity index (χ0) is 13.2. The van der Waals surface area contributed by atoms with Gasteiger partial charge < -0.3 is 5.32 Å². The zero-order valence-electron chi connectivity index (χ0n) is 11.4. The molecule has 0 aliphatic heterocycles. The van der Waals surface area contributed by atoms with Crippen LogP contribution in [0, 0.1) is 18.8 Å². The normalized spacial score (nSPS) is 28.6. The Morgan fingerprint density at radius 2 is 2.05 bits per heavy atom. The minimum Gasteiger partial charge on any atom is -0.352 e. The standard InChI is InChI=1S/C16H21NOS/c1-11-2-6-14(7-3-11)19-10-16(18)17-15-9-12-4-5-13(15)8-12/h2-3,6-7,12-13,15H,4-5,8-10H2,1H3,(H,17,18)/t12-,13-,15+/m0/s1. The van der Waals surface area contributed by atoms with Gasteiger partial charge in [0.1, 0.15) is 0 Å². The highest BCUT2D eigenvalue weighted by atomic mass is 32.2. The predicted octanol–water partition coefficient (Wildman–Crippen LogP) is 3.39. The monoisotopic (exact) mass is 275 g/mol. The second kappa shape index (κ2) is 5.58. The molecule has 1 N–H and O–H groups in total. The Morgan fingerprint density at radius 1 is 1.26 bits per heavy atom. The van der Waals surface area contributed by atoms with Crippen LogP contribution in [0.1, 0.15) is 31.2 Å². The Bertz CT molecular complexity index is 456. The second-order valence-electron chi connectivity index (χ2n) is 5.95. The Morgan fingerprint density at radius 3 is 2.68 bits per heavy atom. The SMILES string of the molecule is Cc1ccc(SCC(=O)N[C@@H]2C[C@H]3CC[C@H]2C3)cc1. The molecule has 2 bridgehead atoms. The lowest BCUT2D eigenvalue weighted by molar-refractivity contribution is -0.119. The first-order chi connectivity index (χ1) is 9.20. The molecule has 0 unspecified atom stereocenters. The topological polar surface area (TPSA) is 29.1 Å². The quantitative estimate of drug-likeness (QED) is 0.853. The van der Waals surface area contributed by atoms with Gasteiger partial charge in [0.05, 0.1) is 5.75 Å². The summed E-state index contributed by atoms with van der Waals surface area (Å²) < 4.78 is 0. The summed E-state index contributed by atoms with van der Waals surface area (Å²) in [5.41, 5.74) is 1.26. The van der Waals surface area contributed by atoms with Crippen LogP contribution in [-0.2, 0) is 4.79 Å². The number of thioether (sulfide) groups is 1. The predicted molar refractivity (Wildman–Crippen MR) is 79.3 cm³/mol. The van der Waals surface area contributed by atoms with Gasteiger partial charge in [0.15, 0.2) is 0 Å². The van der Waals surface area contributed by atoms with Crippen LogP contribution in [0.2, 0.25) is 0 Å². The highest BCUT2D eigenvalue weighted by Gasteiger charge is 2.39. The van der Waals surface area contributed by atoms with E-state index in [1.54, 1.807) is 11.8 Å². The van der Waals surface area contributed by atoms with Crippen LogP contribution in [0.25, 0.3) is 0 Å². The molecule has 2 saturated carbocycles. The van der Waals surface area contributed by atoms with Crippen molar-refractivity contribution >= 4 is 17.7 Å². The molecule has 3 atom stereocenters. The van der Waals surface area contributed by atoms with Crippen molar-refractivity contribution in [2.45, 2.75) is 43.5 Å². The van der Waals surface area contributed by atoms with Gasteiger partial charge in [-0.25, -0.2) is 0 Å². The average molecular weight is 275 g/mol. The fourth-order valence-electron chi connectivity index (χ4n) is 3.45. The maximum absolute atomic E-state index is 12.0. The molecule has 0 spiro atoms. The number of carbonyl (C=O) groups excluding carboxylic acids is 1. The van der Waals surface area contributed by atoms with Crippen LogP contribution >= 0.6 is 11.8 Å². The van der Waals surface area contributed by atoms with Gasteiger partial charge in [-0.2, -0.15) is 0 Å². The van der Waals surface area contributed by atoms with Crippen molar-refractivity contribution < 1.29 is 4.79 Å². The third kappa shape index (κ3) is 3.14. The maximum atomic E-state index is 12.0. The van der Waals surface area contributed by atoms with Crippen molar-refractivity contribution in [2.24, 2.45) is 11.8 Å². The lowest BCUT2D eigenvalue weighted by Crippen LogP contribution is -2.39. The molecule has 3 rings (SSSR count). The Balaban J connectivity index is 1.45. The van der Waals surface area contributed by atoms with E-state index in [4.69, 9.17) is 0 Å². The van der Waals surface area contributed by atoms with E-state index in [1.807, 2.05) is 0 Å². The number of rotatable bonds is 4. The summed E-state index contributed by atoms with van der Waals surface area (Å²) in [5, 5.41) is 3.23. The Hall–Kier alpha value is -0.960. The molecule has 2 fully saturated rings. The molecule has 2 aliphatic carbocycles. The molecular weight excluding hydrogens is 254 g/mol. The second-order valence-corrected chi connectivity index (χ2v) is 7.00. The first-order valence-corrected chi connectivity index (χ1v) is 8.18. The maximum Gasteiger partial charge on any atom is 0.230 e. The summed E-state index contributed by atoms with van der Waals surface area (Å²) in [5.74, 6) is 2.39. The number of hydrogen-bond donors (Lipinski definition) is 1. The Kier molecular flexibility index (Phi) is 3.83. The van der Waals surface area contributed by atoms with Gasteiger partial charge in [-0.1, -0.05) is 24.1 Å². The number of nitrogens with one attached hydrogen (secondary N) is 1. The van der Waals surface area contributed by atoms with Crippen LogP contribution in [0.3, 0.4) is 0 Å². The summed E-state index contributed by atoms with van der Waals surface area (Å²) in [7, 11) is 0. The number of amides is 1. The van der Waals surface area contributed by atoms with E-state index < -0.39 is 0 Å². The van der Waals surface area contributed by atoms with Crippen molar-refractivity contribution in [1.82, 2.24) is 5.32 Å². The molecule has 1 aromatic rings. The molecular formula is C16H21NOS. The largest absolute Gasteiger partial charge is 0.352 e. The minimum atomic E-state index is 0.197. The molecule has 0 heterocycles. The molecule has 0 saturated heterocycles. The number of fused-ring (bicyclic) bond motifs is 2. The highest BCUT2D eigenvalue weighted by molar-refractivity contribution is 8.00. The molecule has 0 radical (unpaired) electrons. The first kappa shape index (κ1) is 13.0. The van der Waals surface area contributed by atoms with Gasteiger partial charge in [-0.15, -0.1) is 11.8 Å². The van der Waals surface area contributed by atoms with Crippen LogP contribution in [-0.4, -0.2) is 17.7 Å². The Labute approximate surface area is 119 Å². The van der Waals surface area contributed by atoms with E-state index in [0.29, 0.717) is 11.8 Å². The van der Waals surface area contributed by atoms with E-state index in [9.17, 15) is 4.79 Å². The van der Waals surface area contributed by atoms with Gasteiger partial charge >= 0.3 is 0 Å². The van der Waals surface area contributed by atoms with Gasteiger partial charge in [0.25, 0.3) is 0 Å². The molecule has 1 aromatic carbocycles. The molecule has 1 amide bonds. The van der Waals surface area contributed by atoms with E-state index in [2.05, 4.69) is 36.5 Å². The average Bonchev–Trinajstić information content (AvgIpc) is 3.00. The molecule has 0 aromatic heterocycles. The number of benzene rings is 1. The van der Waals surface area contributed by atoms with Gasteiger partial charge in [-0.3, -0.25) is 4.79 Å². The minimum absolute atomic E-state index is 0.197. The lowest BCUT2D eigenvalue weighted by atomic mass is 9.95. The fraction of sp³-hybridized carbons (Fsp3) is 0.562. The van der Waals surface area contributed by atoms with Crippen molar-refractivity contribution in [3.63, 3.8) is 0 Å². The van der Waals surface area contributed by atoms with Crippen molar-refractivity contribution in [1.29, 1.82) is 0 Å². The summed E-state index contributed by atoms with van der Waals surface area (Å²) in [6, 6.07) is 8.83. The molecule has 3 heteroatoms. The zero-order valence-corrected chi connectivity index (χ0v) is 12.2. The van der Waals surface area contributed by atoms with Crippen molar-refractivity contribution in [2.75, 3.05) is 5.75 Å². The summed E-state index contributed by atoms with van der Waals surface area (Å²) >= 11 is 1.63. The summed E-state index contributed by atoms with van der Waals surface area (Å²) in [6.45, 7) is 2.08. The molecule has 19 heavy (non-hydrogen) atoms. The number of hydrogen-bond acceptors (Lipinski definition) is 2. The fourth-order valence-corrected chi connectivity index (χ4v) is 4.16. The summed E-state index contributed by atoms with van der Waals surface area (Å²) in [6.07, 6.45) is 5.26. The van der Waals surface area contributed by atoms with E-state index in [1.165, 1.54) is 36.1 Å². The van der Waals surface area contributed by atoms with Crippen LogP contribution in [0.5, 0.6) is 0 Å². The highest BCUT2D eigenvalue weighted by Crippen LogP contribution is 2.44. The molecule has 102 valence electrons. The number of aryl methyl sites for hydroxylation is 1. The number of carbonyl (C=O) groups is 1. The molecule has 2 aliphatic rings. The lowest BCUT2D eigenvalue weighted by Gasteiger charge is -2.22. The third-order valence-corrected chi connectivity index (χ3v) is 5.49. The first-order valence-electron chi connectivity index (χ1n) is 7.19. The smallest absolute Gasteiger partial charge is 0.230 e. The third-order valence-electron chi connectivity index (χ3n) is 4.48. The van der Waals surface area contributed by atoms with Gasteiger partial charge in [-0.05, 0) is 50.2 Å². The van der Waals surface area contributed by atoms with Gasteiger partial charge in [0.2, 0.25) is 5.91 Å². The van der Waals surface area contributed by atoms with Crippen molar-refractivity contribution in [3.05, 3.63) is 29.8 Å². The van der Waals surface area contributed by atoms with Gasteiger partial charge in [0, 0.05) is 10.9 Å². The van der Waals surface area contributed by atoms with Crippen LogP contribution in [0.4, 0.5) is 0 Å². The van der Waals surface area contributed by atoms with E-state index >= 15 is 0 Å². The summed E-state index contributed by atoms with van der Waals surface area (Å²) in [4.78, 5) is 13.2. The van der Waals surface area contributed by atoms with Crippen molar-refractivity contribution in [3.8, 4) is 0 Å². The van der Waals surface area contributed by atoms with Crippen LogP contribution in [0.15, 0.2) is 29.2 Å². The van der Waals surface area contributed by atoms with Crippen LogP contribution < -0.4 is 5.32 Å². The molecule has 2 nitrogen and oxygen atoms in total.